The molecule has 23 heavy (non-hydrogen) atoms. The summed E-state index contributed by atoms with van der Waals surface area (Å²) >= 11 is 3.60. The lowest BCUT2D eigenvalue weighted by molar-refractivity contribution is -0.125. The molecule has 0 saturated carbocycles. The fourth-order valence-electron chi connectivity index (χ4n) is 2.32. The first-order chi connectivity index (χ1) is 11.2. The van der Waals surface area contributed by atoms with E-state index in [2.05, 4.69) is 37.7 Å². The Bertz CT molecular complexity index is 727. The lowest BCUT2D eigenvalue weighted by Gasteiger charge is -2.37. The van der Waals surface area contributed by atoms with E-state index < -0.39 is 0 Å². The van der Waals surface area contributed by atoms with Gasteiger partial charge in [-0.1, -0.05) is 40.0 Å². The molecule has 1 saturated heterocycles. The maximum atomic E-state index is 12.2. The summed E-state index contributed by atoms with van der Waals surface area (Å²) in [5.41, 5.74) is 0.840. The van der Waals surface area contributed by atoms with Gasteiger partial charge < -0.3 is 9.80 Å². The number of rotatable bonds is 1. The SMILES string of the molecule is O=C(C#Cc1ccccc1)N1CCN(c2ncccn2)C(Br)C1. The van der Waals surface area contributed by atoms with Crippen molar-refractivity contribution in [1.29, 1.82) is 0 Å². The smallest absolute Gasteiger partial charge is 0.298 e. The van der Waals surface area contributed by atoms with Gasteiger partial charge in [-0.3, -0.25) is 4.79 Å². The van der Waals surface area contributed by atoms with Gasteiger partial charge in [0.05, 0.1) is 6.54 Å². The van der Waals surface area contributed by atoms with Crippen LogP contribution in [0.1, 0.15) is 5.56 Å². The number of benzene rings is 1. The van der Waals surface area contributed by atoms with Crippen LogP contribution >= 0.6 is 15.9 Å². The van der Waals surface area contributed by atoms with E-state index in [1.165, 1.54) is 0 Å². The molecule has 0 bridgehead atoms. The number of anilines is 1. The number of piperazine rings is 1. The number of alkyl halides is 1. The summed E-state index contributed by atoms with van der Waals surface area (Å²) in [4.78, 5) is 24.5. The van der Waals surface area contributed by atoms with Gasteiger partial charge in [0.15, 0.2) is 0 Å². The zero-order valence-corrected chi connectivity index (χ0v) is 14.0. The molecule has 2 aromatic rings. The predicted molar refractivity (Wildman–Crippen MR) is 92.0 cm³/mol. The molecule has 1 aromatic heterocycles. The minimum absolute atomic E-state index is 0.0267. The number of hydrogen-bond acceptors (Lipinski definition) is 4. The van der Waals surface area contributed by atoms with Crippen LogP contribution in [0.4, 0.5) is 5.95 Å². The number of halogens is 1. The standard InChI is InChI=1S/C17H15BrN4O/c18-15-13-21(11-12-22(15)17-19-9-4-10-20-17)16(23)8-7-14-5-2-1-3-6-14/h1-6,9-10,15H,11-13H2. The lowest BCUT2D eigenvalue weighted by Crippen LogP contribution is -2.52. The second-order valence-electron chi connectivity index (χ2n) is 5.04. The molecule has 1 aliphatic rings. The third-order valence-electron chi connectivity index (χ3n) is 3.50. The number of amides is 1. The molecule has 0 spiro atoms. The maximum absolute atomic E-state index is 12.2. The number of carbonyl (C=O) groups excluding carboxylic acids is 1. The molecule has 1 unspecified atom stereocenters. The van der Waals surface area contributed by atoms with E-state index in [-0.39, 0.29) is 10.9 Å². The van der Waals surface area contributed by atoms with Crippen molar-refractivity contribution < 1.29 is 4.79 Å². The zero-order chi connectivity index (χ0) is 16.1. The molecule has 5 nitrogen and oxygen atoms in total. The summed E-state index contributed by atoms with van der Waals surface area (Å²) < 4.78 is 0. The van der Waals surface area contributed by atoms with Gasteiger partial charge >= 0.3 is 0 Å². The molecule has 1 amide bonds. The Hall–Kier alpha value is -2.39. The van der Waals surface area contributed by atoms with Crippen molar-refractivity contribution >= 4 is 27.8 Å². The van der Waals surface area contributed by atoms with Gasteiger partial charge in [-0.2, -0.15) is 0 Å². The maximum Gasteiger partial charge on any atom is 0.298 e. The van der Waals surface area contributed by atoms with Gasteiger partial charge in [-0.05, 0) is 18.2 Å². The van der Waals surface area contributed by atoms with Crippen molar-refractivity contribution in [2.45, 2.75) is 4.95 Å². The van der Waals surface area contributed by atoms with Crippen LogP contribution in [0.5, 0.6) is 0 Å². The molecule has 1 fully saturated rings. The van der Waals surface area contributed by atoms with Gasteiger partial charge in [-0.15, -0.1) is 0 Å². The van der Waals surface area contributed by atoms with Gasteiger partial charge in [0, 0.05) is 37.0 Å². The molecule has 1 aliphatic heterocycles. The Labute approximate surface area is 143 Å². The van der Waals surface area contributed by atoms with Crippen LogP contribution in [0.2, 0.25) is 0 Å². The topological polar surface area (TPSA) is 49.3 Å². The molecule has 2 heterocycles. The van der Waals surface area contributed by atoms with Crippen LogP contribution in [-0.2, 0) is 4.79 Å². The summed E-state index contributed by atoms with van der Waals surface area (Å²) in [6.45, 7) is 1.81. The predicted octanol–water partition coefficient (Wildman–Crippen LogP) is 1.90. The molecular formula is C17H15BrN4O. The van der Waals surface area contributed by atoms with Gasteiger partial charge in [0.2, 0.25) is 5.95 Å². The highest BCUT2D eigenvalue weighted by molar-refractivity contribution is 9.09. The van der Waals surface area contributed by atoms with Crippen LogP contribution in [0, 0.1) is 11.8 Å². The molecule has 6 heteroatoms. The Morgan fingerprint density at radius 1 is 1.13 bits per heavy atom. The molecule has 116 valence electrons. The van der Waals surface area contributed by atoms with E-state index >= 15 is 0 Å². The van der Waals surface area contributed by atoms with E-state index in [4.69, 9.17) is 0 Å². The quantitative estimate of drug-likeness (QED) is 0.437. The second-order valence-corrected chi connectivity index (χ2v) is 6.10. The monoisotopic (exact) mass is 370 g/mol. The molecule has 0 aliphatic carbocycles. The molecule has 1 atom stereocenters. The summed E-state index contributed by atoms with van der Waals surface area (Å²) in [5, 5.41) is 0. The van der Waals surface area contributed by atoms with Gasteiger partial charge in [0.25, 0.3) is 5.91 Å². The molecule has 1 aromatic carbocycles. The number of carbonyl (C=O) groups is 1. The average Bonchev–Trinajstić information content (AvgIpc) is 2.61. The molecule has 3 rings (SSSR count). The van der Waals surface area contributed by atoms with Crippen molar-refractivity contribution in [3.05, 3.63) is 54.4 Å². The highest BCUT2D eigenvalue weighted by Gasteiger charge is 2.28. The minimum atomic E-state index is -0.160. The van der Waals surface area contributed by atoms with Gasteiger partial charge in [-0.25, -0.2) is 9.97 Å². The number of aromatic nitrogens is 2. The first kappa shape index (κ1) is 15.5. The normalized spacial score (nSPS) is 17.3. The Morgan fingerprint density at radius 2 is 1.87 bits per heavy atom. The summed E-state index contributed by atoms with van der Waals surface area (Å²) in [6, 6.07) is 11.3. The molecule has 0 radical (unpaired) electrons. The summed E-state index contributed by atoms with van der Waals surface area (Å²) in [7, 11) is 0. The fraction of sp³-hybridized carbons (Fsp3) is 0.235. The summed E-state index contributed by atoms with van der Waals surface area (Å²) in [5.74, 6) is 6.12. The fourth-order valence-corrected chi connectivity index (χ4v) is 3.05. The van der Waals surface area contributed by atoms with Crippen LogP contribution in [0.3, 0.4) is 0 Å². The number of hydrogen-bond donors (Lipinski definition) is 0. The Morgan fingerprint density at radius 3 is 2.57 bits per heavy atom. The van der Waals surface area contributed by atoms with Crippen LogP contribution in [-0.4, -0.2) is 45.4 Å². The first-order valence-corrected chi connectivity index (χ1v) is 8.19. The van der Waals surface area contributed by atoms with E-state index in [9.17, 15) is 4.79 Å². The molecular weight excluding hydrogens is 356 g/mol. The zero-order valence-electron chi connectivity index (χ0n) is 12.4. The van der Waals surface area contributed by atoms with E-state index in [1.54, 1.807) is 23.4 Å². The van der Waals surface area contributed by atoms with Crippen molar-refractivity contribution in [1.82, 2.24) is 14.9 Å². The Kier molecular flexibility index (Phi) is 4.89. The second kappa shape index (κ2) is 7.25. The van der Waals surface area contributed by atoms with Crippen LogP contribution in [0.15, 0.2) is 48.8 Å². The lowest BCUT2D eigenvalue weighted by atomic mass is 10.2. The van der Waals surface area contributed by atoms with Crippen molar-refractivity contribution in [2.75, 3.05) is 24.5 Å². The third-order valence-corrected chi connectivity index (χ3v) is 4.29. The summed E-state index contributed by atoms with van der Waals surface area (Å²) in [6.07, 6.45) is 3.43. The van der Waals surface area contributed by atoms with E-state index in [0.29, 0.717) is 25.6 Å². The highest BCUT2D eigenvalue weighted by atomic mass is 79.9. The highest BCUT2D eigenvalue weighted by Crippen LogP contribution is 2.19. The third kappa shape index (κ3) is 3.88. The average molecular weight is 371 g/mol. The Balaban J connectivity index is 1.64. The van der Waals surface area contributed by atoms with Crippen molar-refractivity contribution in [3.63, 3.8) is 0 Å². The largest absolute Gasteiger partial charge is 0.327 e. The minimum Gasteiger partial charge on any atom is -0.327 e. The number of nitrogens with zero attached hydrogens (tertiary/aromatic N) is 4. The van der Waals surface area contributed by atoms with Crippen molar-refractivity contribution in [3.8, 4) is 11.8 Å². The van der Waals surface area contributed by atoms with E-state index in [1.807, 2.05) is 35.2 Å². The van der Waals surface area contributed by atoms with Crippen LogP contribution in [0.25, 0.3) is 0 Å². The first-order valence-electron chi connectivity index (χ1n) is 7.28. The van der Waals surface area contributed by atoms with Crippen LogP contribution < -0.4 is 4.90 Å². The van der Waals surface area contributed by atoms with E-state index in [0.717, 1.165) is 5.56 Å². The van der Waals surface area contributed by atoms with Gasteiger partial charge in [0.1, 0.15) is 4.95 Å². The van der Waals surface area contributed by atoms with Crippen molar-refractivity contribution in [2.24, 2.45) is 0 Å². The molecule has 0 N–H and O–H groups in total.